The largest absolute Gasteiger partial charge is 0.498 e. The molecule has 4 heterocycles. The molecule has 0 N–H and O–H groups in total. The number of nitriles is 1. The predicted octanol–water partition coefficient (Wildman–Crippen LogP) is 15.8. The van der Waals surface area contributed by atoms with E-state index in [1.165, 1.54) is 22.3 Å². The van der Waals surface area contributed by atoms with Gasteiger partial charge in [0.25, 0.3) is 0 Å². The molecule has 0 atom stereocenters. The predicted molar refractivity (Wildman–Crippen MR) is 268 cm³/mol. The Balaban J connectivity index is 0.000000313. The van der Waals surface area contributed by atoms with E-state index in [9.17, 15) is 5.26 Å². The van der Waals surface area contributed by atoms with Gasteiger partial charge in [-0.25, -0.2) is 0 Å². The average molecular weight is 1030 g/mol. The summed E-state index contributed by atoms with van der Waals surface area (Å²) in [6, 6.07) is 43.2. The summed E-state index contributed by atoms with van der Waals surface area (Å²) < 4.78 is 9.38. The molecule has 0 saturated heterocycles. The van der Waals surface area contributed by atoms with Crippen LogP contribution in [0.5, 0.6) is 0 Å². The topological polar surface area (TPSA) is 67.6 Å². The molecule has 0 aliphatic carbocycles. The summed E-state index contributed by atoms with van der Waals surface area (Å²) in [5, 5.41) is 15.0. The molecule has 0 unspecified atom stereocenters. The molecule has 0 bridgehead atoms. The maximum absolute atomic E-state index is 10.7. The number of aryl methyl sites for hydroxylation is 2. The molecule has 5 aromatic carbocycles. The number of hydrogen-bond acceptors (Lipinski definition) is 4. The Labute approximate surface area is 399 Å². The minimum atomic E-state index is -0.176. The molecule has 333 valence electrons. The Hall–Kier alpha value is -5.86. The fourth-order valence-corrected chi connectivity index (χ4v) is 8.47. The third kappa shape index (κ3) is 8.94. The molecule has 5 nitrogen and oxygen atoms in total. The van der Waals surface area contributed by atoms with Gasteiger partial charge in [0.2, 0.25) is 0 Å². The van der Waals surface area contributed by atoms with E-state index in [4.69, 9.17) is 9.40 Å². The number of furan rings is 1. The number of fused-ring (bicyclic) bond motifs is 6. The zero-order valence-corrected chi connectivity index (χ0v) is 42.8. The van der Waals surface area contributed by atoms with Gasteiger partial charge in [-0.05, 0) is 87.3 Å². The van der Waals surface area contributed by atoms with E-state index >= 15 is 0 Å². The zero-order chi connectivity index (χ0) is 46.1. The third-order valence-corrected chi connectivity index (χ3v) is 12.6. The van der Waals surface area contributed by atoms with Gasteiger partial charge in [-0.1, -0.05) is 148 Å². The van der Waals surface area contributed by atoms with Crippen LogP contribution < -0.4 is 0 Å². The molecule has 0 aliphatic rings. The van der Waals surface area contributed by atoms with Crippen LogP contribution in [0.25, 0.3) is 71.9 Å². The van der Waals surface area contributed by atoms with Gasteiger partial charge in [0, 0.05) is 48.7 Å². The number of aromatic nitrogens is 3. The van der Waals surface area contributed by atoms with Crippen molar-refractivity contribution in [3.05, 3.63) is 161 Å². The first-order valence-electron chi connectivity index (χ1n) is 22.4. The smallest absolute Gasteiger partial charge is 0.146 e. The van der Waals surface area contributed by atoms with Gasteiger partial charge in [-0.15, -0.1) is 53.6 Å². The van der Waals surface area contributed by atoms with E-state index in [2.05, 4.69) is 191 Å². The first-order valence-corrected chi connectivity index (χ1v) is 22.4. The van der Waals surface area contributed by atoms with Crippen LogP contribution >= 0.6 is 0 Å². The summed E-state index contributed by atoms with van der Waals surface area (Å²) in [4.78, 5) is 9.31. The van der Waals surface area contributed by atoms with Crippen LogP contribution in [0.4, 0.5) is 0 Å². The van der Waals surface area contributed by atoms with Crippen LogP contribution in [0.3, 0.4) is 0 Å². The molecule has 0 saturated carbocycles. The fourth-order valence-electron chi connectivity index (χ4n) is 8.47. The average Bonchev–Trinajstić information content (AvgIpc) is 3.79. The number of hydrogen-bond donors (Lipinski definition) is 0. The molecule has 0 fully saturated rings. The van der Waals surface area contributed by atoms with Crippen LogP contribution in [0, 0.1) is 37.3 Å². The van der Waals surface area contributed by atoms with Gasteiger partial charge in [0.1, 0.15) is 17.3 Å². The van der Waals surface area contributed by atoms with E-state index in [1.54, 1.807) is 0 Å². The molecule has 9 rings (SSSR count). The molecule has 0 amide bonds. The van der Waals surface area contributed by atoms with Gasteiger partial charge in [-0.3, -0.25) is 0 Å². The van der Waals surface area contributed by atoms with Gasteiger partial charge < -0.3 is 19.0 Å². The molecule has 4 aromatic heterocycles. The molecular formula is C59H60IrN4O-2. The molecule has 65 heavy (non-hydrogen) atoms. The van der Waals surface area contributed by atoms with Crippen molar-refractivity contribution in [1.82, 2.24) is 14.5 Å². The van der Waals surface area contributed by atoms with E-state index < -0.39 is 0 Å². The monoisotopic (exact) mass is 1030 g/mol. The second-order valence-corrected chi connectivity index (χ2v) is 21.5. The van der Waals surface area contributed by atoms with Crippen LogP contribution in [-0.4, -0.2) is 14.5 Å². The van der Waals surface area contributed by atoms with Crippen molar-refractivity contribution in [3.8, 4) is 34.3 Å². The van der Waals surface area contributed by atoms with Crippen molar-refractivity contribution in [3.63, 3.8) is 0 Å². The number of rotatable bonds is 3. The van der Waals surface area contributed by atoms with Crippen molar-refractivity contribution < 1.29 is 24.5 Å². The van der Waals surface area contributed by atoms with Crippen molar-refractivity contribution in [2.45, 2.75) is 119 Å². The number of benzene rings is 5. The maximum atomic E-state index is 10.7. The molecule has 9 aromatic rings. The van der Waals surface area contributed by atoms with E-state index in [0.29, 0.717) is 11.1 Å². The fraction of sp³-hybridized carbons (Fsp3) is 0.305. The molecule has 6 heteroatoms. The third-order valence-electron chi connectivity index (χ3n) is 12.6. The van der Waals surface area contributed by atoms with Crippen LogP contribution in [-0.2, 0) is 41.8 Å². The van der Waals surface area contributed by atoms with Crippen molar-refractivity contribution >= 4 is 43.7 Å². The summed E-state index contributed by atoms with van der Waals surface area (Å²) in [5.41, 5.74) is 15.6. The Bertz CT molecular complexity index is 3190. The van der Waals surface area contributed by atoms with Gasteiger partial charge in [0.05, 0.1) is 22.2 Å². The molecule has 0 aliphatic heterocycles. The van der Waals surface area contributed by atoms with Crippen LogP contribution in [0.15, 0.2) is 114 Å². The van der Waals surface area contributed by atoms with E-state index in [0.717, 1.165) is 77.5 Å². The Morgan fingerprint density at radius 2 is 1.17 bits per heavy atom. The standard InChI is InChI=1S/C44H44N3O.C15H16N.Ir/c1-25-20-35(46-24-26(25)2)32-18-19-34(44(9,10)11)38-33-15-12-27(23-45)39(41(33)48-40(32)38)47-36-21-28(42(3,4)5)13-16-30(36)31-17-14-29(22-37(31)47)43(6,7)8;1-15(2,3)13-9-10-14(16-11-13)12-7-5-4-6-8-12;/h12-17,19-22,24H,1-11H3;4-7,9-11H,1-3H3;/q2*-1;. The van der Waals surface area contributed by atoms with Crippen molar-refractivity contribution in [1.29, 1.82) is 5.26 Å². The van der Waals surface area contributed by atoms with E-state index in [1.807, 2.05) is 42.7 Å². The van der Waals surface area contributed by atoms with Crippen LogP contribution in [0.2, 0.25) is 0 Å². The number of nitrogens with zero attached hydrogens (tertiary/aromatic N) is 4. The second-order valence-electron chi connectivity index (χ2n) is 21.5. The molecule has 1 radical (unpaired) electrons. The summed E-state index contributed by atoms with van der Waals surface area (Å²) in [7, 11) is 0. The first-order chi connectivity index (χ1) is 30.1. The Morgan fingerprint density at radius 1 is 0.585 bits per heavy atom. The van der Waals surface area contributed by atoms with Gasteiger partial charge in [0.15, 0.2) is 0 Å². The quantitative estimate of drug-likeness (QED) is 0.165. The van der Waals surface area contributed by atoms with Crippen molar-refractivity contribution in [2.75, 3.05) is 0 Å². The zero-order valence-electron chi connectivity index (χ0n) is 40.4. The first kappa shape index (κ1) is 47.1. The molecule has 0 spiro atoms. The van der Waals surface area contributed by atoms with E-state index in [-0.39, 0.29) is 41.8 Å². The van der Waals surface area contributed by atoms with Gasteiger partial charge >= 0.3 is 0 Å². The Morgan fingerprint density at radius 3 is 1.68 bits per heavy atom. The second kappa shape index (κ2) is 17.2. The van der Waals surface area contributed by atoms with Crippen LogP contribution in [0.1, 0.15) is 122 Å². The van der Waals surface area contributed by atoms with Gasteiger partial charge in [-0.2, -0.15) is 5.26 Å². The summed E-state index contributed by atoms with van der Waals surface area (Å²) >= 11 is 0. The SMILES string of the molecule is CC(C)(C)c1ccc(-c2[c-]cccc2)nc1.Cc1cnc(-c2[c-]cc(C(C)(C)C)c3c2oc2c(-n4c5cc(C(C)(C)C)ccc5c5ccc(C(C)(C)C)cc54)c(C#N)ccc23)cc1C.[Ir]. The number of pyridine rings is 2. The summed E-state index contributed by atoms with van der Waals surface area (Å²) in [6.07, 6.45) is 3.87. The summed E-state index contributed by atoms with van der Waals surface area (Å²) in [5.74, 6) is 0. The minimum absolute atomic E-state index is 0. The Kier molecular flexibility index (Phi) is 12.4. The minimum Gasteiger partial charge on any atom is -0.498 e. The normalized spacial score (nSPS) is 12.3. The maximum Gasteiger partial charge on any atom is 0.146 e. The van der Waals surface area contributed by atoms with Crippen molar-refractivity contribution in [2.24, 2.45) is 0 Å². The summed E-state index contributed by atoms with van der Waals surface area (Å²) in [6.45, 7) is 30.9. The molecular weight excluding hydrogens is 973 g/mol.